The molecule has 0 unspecified atom stereocenters. The average Bonchev–Trinajstić information content (AvgIpc) is 3.09. The van der Waals surface area contributed by atoms with Crippen LogP contribution in [0.3, 0.4) is 0 Å². The van der Waals surface area contributed by atoms with Gasteiger partial charge in [-0.3, -0.25) is 4.79 Å². The summed E-state index contributed by atoms with van der Waals surface area (Å²) in [6.07, 6.45) is 3.53. The molecule has 1 N–H and O–H groups in total. The lowest BCUT2D eigenvalue weighted by atomic mass is 10.2. The number of amides is 1. The molecule has 4 rings (SSSR count). The van der Waals surface area contributed by atoms with Crippen molar-refractivity contribution in [2.45, 2.75) is 20.4 Å². The number of rotatable bonds is 4. The summed E-state index contributed by atoms with van der Waals surface area (Å²) in [4.78, 5) is 25.7. The maximum atomic E-state index is 13.1. The molecule has 3 heterocycles. The lowest BCUT2D eigenvalue weighted by Gasteiger charge is -2.06. The molecular weight excluding hydrogens is 357 g/mol. The van der Waals surface area contributed by atoms with Crippen LogP contribution in [0.15, 0.2) is 54.9 Å². The third kappa shape index (κ3) is 3.73. The summed E-state index contributed by atoms with van der Waals surface area (Å²) in [7, 11) is 0. The Hall–Kier alpha value is -3.61. The van der Waals surface area contributed by atoms with Gasteiger partial charge < -0.3 is 9.72 Å². The zero-order chi connectivity index (χ0) is 19.7. The summed E-state index contributed by atoms with van der Waals surface area (Å²) in [5, 5.41) is 2.84. The van der Waals surface area contributed by atoms with Gasteiger partial charge in [0.1, 0.15) is 17.3 Å². The molecule has 0 radical (unpaired) electrons. The Labute approximate surface area is 161 Å². The quantitative estimate of drug-likeness (QED) is 0.593. The normalized spacial score (nSPS) is 11.0. The van der Waals surface area contributed by atoms with Gasteiger partial charge in [0.05, 0.1) is 17.8 Å². The SMILES string of the molecule is Cc1cc(C)nc(CNC(=O)c2ccc3nc(-c4ccc(F)cc4)cn3c2)n1. The van der Waals surface area contributed by atoms with Crippen LogP contribution in [0.25, 0.3) is 16.9 Å². The number of carbonyl (C=O) groups excluding carboxylic acids is 1. The lowest BCUT2D eigenvalue weighted by Crippen LogP contribution is -2.24. The summed E-state index contributed by atoms with van der Waals surface area (Å²) in [6.45, 7) is 4.04. The lowest BCUT2D eigenvalue weighted by molar-refractivity contribution is 0.0949. The van der Waals surface area contributed by atoms with E-state index in [1.54, 1.807) is 34.9 Å². The van der Waals surface area contributed by atoms with Gasteiger partial charge >= 0.3 is 0 Å². The first-order chi connectivity index (χ1) is 13.5. The molecule has 6 nitrogen and oxygen atoms in total. The molecule has 0 saturated carbocycles. The van der Waals surface area contributed by atoms with Crippen molar-refractivity contribution in [1.29, 1.82) is 0 Å². The summed E-state index contributed by atoms with van der Waals surface area (Å²) in [5.41, 5.74) is 4.45. The van der Waals surface area contributed by atoms with Gasteiger partial charge in [-0.15, -0.1) is 0 Å². The van der Waals surface area contributed by atoms with Crippen molar-refractivity contribution in [2.75, 3.05) is 0 Å². The van der Waals surface area contributed by atoms with Gasteiger partial charge in [-0.2, -0.15) is 0 Å². The molecule has 4 aromatic rings. The van der Waals surface area contributed by atoms with Crippen molar-refractivity contribution in [3.63, 3.8) is 0 Å². The monoisotopic (exact) mass is 375 g/mol. The van der Waals surface area contributed by atoms with Crippen molar-refractivity contribution in [3.05, 3.63) is 83.5 Å². The maximum absolute atomic E-state index is 13.1. The van der Waals surface area contributed by atoms with Crippen molar-refractivity contribution < 1.29 is 9.18 Å². The van der Waals surface area contributed by atoms with Gasteiger partial charge in [0.25, 0.3) is 5.91 Å². The van der Waals surface area contributed by atoms with E-state index in [1.807, 2.05) is 26.1 Å². The number of nitrogens with one attached hydrogen (secondary N) is 1. The molecular formula is C21H18FN5O. The van der Waals surface area contributed by atoms with Crippen molar-refractivity contribution in [3.8, 4) is 11.3 Å². The predicted molar refractivity (Wildman–Crippen MR) is 103 cm³/mol. The van der Waals surface area contributed by atoms with E-state index in [9.17, 15) is 9.18 Å². The molecule has 0 atom stereocenters. The smallest absolute Gasteiger partial charge is 0.253 e. The van der Waals surface area contributed by atoms with E-state index < -0.39 is 0 Å². The minimum Gasteiger partial charge on any atom is -0.345 e. The van der Waals surface area contributed by atoms with Crippen molar-refractivity contribution >= 4 is 11.6 Å². The second kappa shape index (κ2) is 7.19. The number of aromatic nitrogens is 4. The van der Waals surface area contributed by atoms with E-state index in [1.165, 1.54) is 12.1 Å². The number of carbonyl (C=O) groups is 1. The molecule has 0 saturated heterocycles. The van der Waals surface area contributed by atoms with Crippen molar-refractivity contribution in [2.24, 2.45) is 0 Å². The Bertz CT molecular complexity index is 1150. The second-order valence-corrected chi connectivity index (χ2v) is 6.57. The fraction of sp³-hybridized carbons (Fsp3) is 0.143. The molecule has 28 heavy (non-hydrogen) atoms. The zero-order valence-corrected chi connectivity index (χ0v) is 15.5. The van der Waals surface area contributed by atoms with Crippen LogP contribution < -0.4 is 5.32 Å². The summed E-state index contributed by atoms with van der Waals surface area (Å²) >= 11 is 0. The largest absolute Gasteiger partial charge is 0.345 e. The Kier molecular flexibility index (Phi) is 4.57. The number of fused-ring (bicyclic) bond motifs is 1. The van der Waals surface area contributed by atoms with Gasteiger partial charge in [-0.25, -0.2) is 19.3 Å². The highest BCUT2D eigenvalue weighted by molar-refractivity contribution is 5.94. The van der Waals surface area contributed by atoms with Gasteiger partial charge in [-0.05, 0) is 56.3 Å². The highest BCUT2D eigenvalue weighted by Crippen LogP contribution is 2.20. The molecule has 0 aliphatic heterocycles. The minimum absolute atomic E-state index is 0.221. The first-order valence-electron chi connectivity index (χ1n) is 8.82. The number of imidazole rings is 1. The fourth-order valence-corrected chi connectivity index (χ4v) is 3.03. The Balaban J connectivity index is 1.53. The van der Waals surface area contributed by atoms with Crippen LogP contribution in [0.4, 0.5) is 4.39 Å². The summed E-state index contributed by atoms with van der Waals surface area (Å²) < 4.78 is 14.9. The molecule has 1 amide bonds. The molecule has 0 bridgehead atoms. The zero-order valence-electron chi connectivity index (χ0n) is 15.5. The second-order valence-electron chi connectivity index (χ2n) is 6.57. The summed E-state index contributed by atoms with van der Waals surface area (Å²) in [5.74, 6) is 0.0640. The van der Waals surface area contributed by atoms with Crippen LogP contribution in [0.5, 0.6) is 0 Å². The first-order valence-corrected chi connectivity index (χ1v) is 8.82. The average molecular weight is 375 g/mol. The van der Waals surface area contributed by atoms with E-state index in [4.69, 9.17) is 0 Å². The van der Waals surface area contributed by atoms with Crippen LogP contribution >= 0.6 is 0 Å². The highest BCUT2D eigenvalue weighted by atomic mass is 19.1. The molecule has 1 aromatic carbocycles. The number of nitrogens with zero attached hydrogens (tertiary/aromatic N) is 4. The van der Waals surface area contributed by atoms with Gasteiger partial charge in [-0.1, -0.05) is 0 Å². The number of pyridine rings is 1. The first kappa shape index (κ1) is 17.8. The van der Waals surface area contributed by atoms with Crippen molar-refractivity contribution in [1.82, 2.24) is 24.7 Å². The molecule has 3 aromatic heterocycles. The van der Waals surface area contributed by atoms with Gasteiger partial charge in [0, 0.05) is 29.3 Å². The predicted octanol–water partition coefficient (Wildman–Crippen LogP) is 3.48. The standard InChI is InChI=1S/C21H18FN5O/c1-13-9-14(2)25-19(24-13)10-23-21(28)16-5-8-20-26-18(12-27(20)11-16)15-3-6-17(22)7-4-15/h3-9,11-12H,10H2,1-2H3,(H,23,28). The number of benzene rings is 1. The molecule has 0 aliphatic rings. The molecule has 0 spiro atoms. The van der Waals surface area contributed by atoms with Crippen LogP contribution in [0, 0.1) is 19.7 Å². The number of hydrogen-bond acceptors (Lipinski definition) is 4. The molecule has 0 fully saturated rings. The van der Waals surface area contributed by atoms with Crippen LogP contribution in [-0.2, 0) is 6.54 Å². The number of aryl methyl sites for hydroxylation is 2. The fourth-order valence-electron chi connectivity index (χ4n) is 3.03. The van der Waals surface area contributed by atoms with Crippen LogP contribution in [0.1, 0.15) is 27.6 Å². The topological polar surface area (TPSA) is 72.2 Å². The number of halogens is 1. The van der Waals surface area contributed by atoms with E-state index >= 15 is 0 Å². The van der Waals surface area contributed by atoms with Gasteiger partial charge in [0.2, 0.25) is 0 Å². The van der Waals surface area contributed by atoms with E-state index in [0.717, 1.165) is 17.0 Å². The van der Waals surface area contributed by atoms with E-state index in [2.05, 4.69) is 20.3 Å². The molecule has 0 aliphatic carbocycles. The van der Waals surface area contributed by atoms with E-state index in [0.29, 0.717) is 22.7 Å². The van der Waals surface area contributed by atoms with Crippen LogP contribution in [-0.4, -0.2) is 25.3 Å². The Morgan fingerprint density at radius 3 is 2.43 bits per heavy atom. The minimum atomic E-state index is -0.292. The summed E-state index contributed by atoms with van der Waals surface area (Å²) in [6, 6.07) is 11.5. The third-order valence-electron chi connectivity index (χ3n) is 4.29. The highest BCUT2D eigenvalue weighted by Gasteiger charge is 2.10. The van der Waals surface area contributed by atoms with Crippen LogP contribution in [0.2, 0.25) is 0 Å². The maximum Gasteiger partial charge on any atom is 0.253 e. The Morgan fingerprint density at radius 1 is 1.00 bits per heavy atom. The Morgan fingerprint density at radius 2 is 1.71 bits per heavy atom. The third-order valence-corrected chi connectivity index (χ3v) is 4.29. The molecule has 7 heteroatoms. The van der Waals surface area contributed by atoms with E-state index in [-0.39, 0.29) is 18.3 Å². The number of hydrogen-bond donors (Lipinski definition) is 1. The molecule has 140 valence electrons. The van der Waals surface area contributed by atoms with Gasteiger partial charge in [0.15, 0.2) is 0 Å².